The normalized spacial score (nSPS) is 12.7. The highest BCUT2D eigenvalue weighted by molar-refractivity contribution is 7.16. The smallest absolute Gasteiger partial charge is 0.129 e. The molecule has 0 aliphatic carbocycles. The van der Waals surface area contributed by atoms with E-state index in [1.807, 2.05) is 23.6 Å². The zero-order valence-corrected chi connectivity index (χ0v) is 11.0. The molecule has 16 heavy (non-hydrogen) atoms. The molecule has 1 unspecified atom stereocenters. The van der Waals surface area contributed by atoms with E-state index in [2.05, 4.69) is 5.43 Å². The average Bonchev–Trinajstić information content (AvgIpc) is 2.89. The van der Waals surface area contributed by atoms with Gasteiger partial charge in [0, 0.05) is 15.1 Å². The van der Waals surface area contributed by atoms with Gasteiger partial charge in [-0.05, 0) is 18.2 Å². The van der Waals surface area contributed by atoms with Crippen molar-refractivity contribution in [1.29, 1.82) is 0 Å². The third-order valence-electron chi connectivity index (χ3n) is 2.16. The predicted molar refractivity (Wildman–Crippen MR) is 69.4 cm³/mol. The van der Waals surface area contributed by atoms with Crippen LogP contribution in [0.3, 0.4) is 0 Å². The van der Waals surface area contributed by atoms with Crippen molar-refractivity contribution in [2.75, 3.05) is 7.11 Å². The lowest BCUT2D eigenvalue weighted by Gasteiger charge is -2.11. The van der Waals surface area contributed by atoms with Crippen LogP contribution >= 0.6 is 34.3 Å². The van der Waals surface area contributed by atoms with Gasteiger partial charge in [-0.15, -0.1) is 22.7 Å². The summed E-state index contributed by atoms with van der Waals surface area (Å²) in [7, 11) is 1.65. The standard InChI is InChI=1S/C10H11ClN2OS2/c1-14-6-4-8(15-5-6)10(13-12)7-2-3-9(11)16-7/h2-5,10,13H,12H2,1H3. The molecule has 0 fully saturated rings. The van der Waals surface area contributed by atoms with E-state index in [0.29, 0.717) is 0 Å². The van der Waals surface area contributed by atoms with Gasteiger partial charge in [0.05, 0.1) is 17.5 Å². The lowest BCUT2D eigenvalue weighted by atomic mass is 10.2. The molecule has 2 aromatic heterocycles. The number of rotatable bonds is 4. The Labute approximate surface area is 107 Å². The van der Waals surface area contributed by atoms with Crippen LogP contribution in [0.1, 0.15) is 15.8 Å². The highest BCUT2D eigenvalue weighted by atomic mass is 35.5. The van der Waals surface area contributed by atoms with E-state index in [0.717, 1.165) is 19.8 Å². The van der Waals surface area contributed by atoms with E-state index < -0.39 is 0 Å². The number of hydrazine groups is 1. The summed E-state index contributed by atoms with van der Waals surface area (Å²) < 4.78 is 5.91. The molecule has 2 rings (SSSR count). The van der Waals surface area contributed by atoms with Crippen molar-refractivity contribution in [3.63, 3.8) is 0 Å². The summed E-state index contributed by atoms with van der Waals surface area (Å²) in [5, 5.41) is 1.95. The average molecular weight is 275 g/mol. The van der Waals surface area contributed by atoms with Crippen molar-refractivity contribution in [2.45, 2.75) is 6.04 Å². The van der Waals surface area contributed by atoms with Crippen LogP contribution < -0.4 is 16.0 Å². The van der Waals surface area contributed by atoms with E-state index in [9.17, 15) is 0 Å². The second kappa shape index (κ2) is 5.16. The van der Waals surface area contributed by atoms with Crippen molar-refractivity contribution in [3.05, 3.63) is 37.7 Å². The van der Waals surface area contributed by atoms with E-state index in [4.69, 9.17) is 22.2 Å². The van der Waals surface area contributed by atoms with Gasteiger partial charge in [-0.1, -0.05) is 11.6 Å². The predicted octanol–water partition coefficient (Wildman–Crippen LogP) is 3.02. The van der Waals surface area contributed by atoms with Crippen molar-refractivity contribution in [2.24, 2.45) is 5.84 Å². The Morgan fingerprint density at radius 1 is 1.44 bits per heavy atom. The Hall–Kier alpha value is -0.590. The summed E-state index contributed by atoms with van der Waals surface area (Å²) in [4.78, 5) is 2.20. The van der Waals surface area contributed by atoms with Gasteiger partial charge in [-0.25, -0.2) is 5.43 Å². The number of methoxy groups -OCH3 is 1. The van der Waals surface area contributed by atoms with Gasteiger partial charge in [0.25, 0.3) is 0 Å². The fraction of sp³-hybridized carbons (Fsp3) is 0.200. The van der Waals surface area contributed by atoms with Crippen LogP contribution in [-0.4, -0.2) is 7.11 Å². The monoisotopic (exact) mass is 274 g/mol. The molecule has 0 amide bonds. The maximum Gasteiger partial charge on any atom is 0.129 e. The molecule has 0 saturated heterocycles. The second-order valence-corrected chi connectivity index (χ2v) is 5.82. The fourth-order valence-corrected chi connectivity index (χ4v) is 3.53. The largest absolute Gasteiger partial charge is 0.496 e. The van der Waals surface area contributed by atoms with Gasteiger partial charge in [0.1, 0.15) is 5.75 Å². The van der Waals surface area contributed by atoms with Crippen LogP contribution in [0.4, 0.5) is 0 Å². The van der Waals surface area contributed by atoms with E-state index in [-0.39, 0.29) is 6.04 Å². The third kappa shape index (κ3) is 2.39. The zero-order chi connectivity index (χ0) is 11.5. The summed E-state index contributed by atoms with van der Waals surface area (Å²) in [6.07, 6.45) is 0. The molecule has 0 radical (unpaired) electrons. The summed E-state index contributed by atoms with van der Waals surface area (Å²) in [5.74, 6) is 6.43. The molecule has 3 nitrogen and oxygen atoms in total. The number of hydrogen-bond acceptors (Lipinski definition) is 5. The molecule has 0 aromatic carbocycles. The topological polar surface area (TPSA) is 47.3 Å². The van der Waals surface area contributed by atoms with Crippen LogP contribution in [0.5, 0.6) is 5.75 Å². The first kappa shape index (κ1) is 11.9. The number of ether oxygens (including phenoxy) is 1. The van der Waals surface area contributed by atoms with Crippen LogP contribution in [0.25, 0.3) is 0 Å². The highest BCUT2D eigenvalue weighted by Crippen LogP contribution is 2.34. The van der Waals surface area contributed by atoms with E-state index in [1.165, 1.54) is 11.3 Å². The van der Waals surface area contributed by atoms with Gasteiger partial charge >= 0.3 is 0 Å². The Kier molecular flexibility index (Phi) is 3.83. The molecule has 0 saturated carbocycles. The van der Waals surface area contributed by atoms with Crippen LogP contribution in [0, 0.1) is 0 Å². The number of thiophene rings is 2. The maximum absolute atomic E-state index is 5.91. The quantitative estimate of drug-likeness (QED) is 0.665. The van der Waals surface area contributed by atoms with Gasteiger partial charge in [-0.3, -0.25) is 5.84 Å². The molecular formula is C10H11ClN2OS2. The van der Waals surface area contributed by atoms with Crippen molar-refractivity contribution < 1.29 is 4.74 Å². The minimum atomic E-state index is -0.0219. The molecular weight excluding hydrogens is 264 g/mol. The fourth-order valence-electron chi connectivity index (χ4n) is 1.38. The molecule has 0 spiro atoms. The maximum atomic E-state index is 5.91. The second-order valence-electron chi connectivity index (χ2n) is 3.13. The van der Waals surface area contributed by atoms with Gasteiger partial charge < -0.3 is 4.74 Å². The van der Waals surface area contributed by atoms with Crippen molar-refractivity contribution >= 4 is 34.3 Å². The van der Waals surface area contributed by atoms with Gasteiger partial charge in [0.2, 0.25) is 0 Å². The number of nitrogens with two attached hydrogens (primary N) is 1. The summed E-state index contributed by atoms with van der Waals surface area (Å²) in [6.45, 7) is 0. The van der Waals surface area contributed by atoms with Crippen molar-refractivity contribution in [3.8, 4) is 5.75 Å². The van der Waals surface area contributed by atoms with E-state index in [1.54, 1.807) is 18.4 Å². The first-order valence-electron chi connectivity index (χ1n) is 4.58. The molecule has 86 valence electrons. The first-order chi connectivity index (χ1) is 7.74. The molecule has 3 N–H and O–H groups in total. The third-order valence-corrected chi connectivity index (χ3v) is 4.43. The Balaban J connectivity index is 2.28. The Bertz CT molecular complexity index is 469. The zero-order valence-electron chi connectivity index (χ0n) is 8.57. The SMILES string of the molecule is COc1csc(C(NN)c2ccc(Cl)s2)c1. The molecule has 2 aromatic rings. The molecule has 6 heteroatoms. The number of halogens is 1. The van der Waals surface area contributed by atoms with Crippen molar-refractivity contribution in [1.82, 2.24) is 5.43 Å². The number of hydrogen-bond donors (Lipinski definition) is 2. The first-order valence-corrected chi connectivity index (χ1v) is 6.65. The lowest BCUT2D eigenvalue weighted by Crippen LogP contribution is -2.27. The Morgan fingerprint density at radius 3 is 2.75 bits per heavy atom. The molecule has 0 aliphatic heterocycles. The van der Waals surface area contributed by atoms with Crippen LogP contribution in [0.2, 0.25) is 4.34 Å². The van der Waals surface area contributed by atoms with Gasteiger partial charge in [-0.2, -0.15) is 0 Å². The Morgan fingerprint density at radius 2 is 2.25 bits per heavy atom. The number of nitrogens with one attached hydrogen (secondary N) is 1. The minimum absolute atomic E-state index is 0.0219. The van der Waals surface area contributed by atoms with Gasteiger partial charge in [0.15, 0.2) is 0 Å². The summed E-state index contributed by atoms with van der Waals surface area (Å²) in [5.41, 5.74) is 2.79. The van der Waals surface area contributed by atoms with Crippen LogP contribution in [-0.2, 0) is 0 Å². The molecule has 0 aliphatic rings. The molecule has 0 bridgehead atoms. The summed E-state index contributed by atoms with van der Waals surface area (Å²) in [6, 6.07) is 5.80. The van der Waals surface area contributed by atoms with Crippen LogP contribution in [0.15, 0.2) is 23.6 Å². The molecule has 2 heterocycles. The lowest BCUT2D eigenvalue weighted by molar-refractivity contribution is 0.416. The molecule has 1 atom stereocenters. The highest BCUT2D eigenvalue weighted by Gasteiger charge is 2.16. The summed E-state index contributed by atoms with van der Waals surface area (Å²) >= 11 is 9.04. The van der Waals surface area contributed by atoms with E-state index >= 15 is 0 Å². The minimum Gasteiger partial charge on any atom is -0.496 e.